The molecule has 1 aliphatic heterocycles. The Bertz CT molecular complexity index is 587. The number of carboxylic acid groups (broad SMARTS) is 1. The number of aliphatic carboxylic acids is 1. The predicted octanol–water partition coefficient (Wildman–Crippen LogP) is 2.17. The first-order chi connectivity index (χ1) is 9.86. The van der Waals surface area contributed by atoms with E-state index in [9.17, 15) is 13.2 Å². The molecule has 1 heterocycles. The molecule has 0 radical (unpaired) electrons. The number of hydrogen-bond acceptors (Lipinski definition) is 4. The molecule has 0 amide bonds. The lowest BCUT2D eigenvalue weighted by atomic mass is 9.92. The number of benzene rings is 1. The molecule has 0 aromatic heterocycles. The molecule has 1 aromatic rings. The van der Waals surface area contributed by atoms with Crippen LogP contribution in [0.3, 0.4) is 0 Å². The van der Waals surface area contributed by atoms with Gasteiger partial charge in [0.15, 0.2) is 9.84 Å². The number of carbonyl (C=O) groups is 1. The first-order valence-corrected chi connectivity index (χ1v) is 9.02. The highest BCUT2D eigenvalue weighted by Crippen LogP contribution is 2.26. The van der Waals surface area contributed by atoms with Crippen LogP contribution in [-0.2, 0) is 14.6 Å². The molecule has 116 valence electrons. The topological polar surface area (TPSA) is 74.7 Å². The van der Waals surface area contributed by atoms with E-state index in [0.29, 0.717) is 10.8 Å². The van der Waals surface area contributed by atoms with E-state index in [2.05, 4.69) is 4.90 Å². The van der Waals surface area contributed by atoms with Gasteiger partial charge in [-0.3, -0.25) is 4.79 Å². The third kappa shape index (κ3) is 4.46. The van der Waals surface area contributed by atoms with Crippen molar-refractivity contribution in [1.82, 2.24) is 0 Å². The molecule has 1 N–H and O–H groups in total. The van der Waals surface area contributed by atoms with E-state index in [-0.39, 0.29) is 6.42 Å². The average molecular weight is 311 g/mol. The number of anilines is 1. The number of sulfone groups is 1. The maximum Gasteiger partial charge on any atom is 0.303 e. The van der Waals surface area contributed by atoms with Gasteiger partial charge in [0.25, 0.3) is 0 Å². The molecule has 21 heavy (non-hydrogen) atoms. The van der Waals surface area contributed by atoms with E-state index in [1.54, 1.807) is 12.1 Å². The van der Waals surface area contributed by atoms with Crippen LogP contribution < -0.4 is 4.90 Å². The molecule has 0 bridgehead atoms. The van der Waals surface area contributed by atoms with Crippen molar-refractivity contribution in [2.75, 3.05) is 24.2 Å². The molecule has 5 nitrogen and oxygen atoms in total. The van der Waals surface area contributed by atoms with E-state index in [1.165, 1.54) is 6.26 Å². The lowest BCUT2D eigenvalue weighted by Crippen LogP contribution is -2.33. The maximum absolute atomic E-state index is 11.4. The zero-order chi connectivity index (χ0) is 15.5. The molecule has 0 spiro atoms. The average Bonchev–Trinajstić information content (AvgIpc) is 2.45. The summed E-state index contributed by atoms with van der Waals surface area (Å²) in [6.07, 6.45) is 4.17. The zero-order valence-electron chi connectivity index (χ0n) is 12.2. The predicted molar refractivity (Wildman–Crippen MR) is 81.4 cm³/mol. The standard InChI is InChI=1S/C15H21NO4S/c1-21(19,20)14-5-3-13(4-6-14)16-10-8-12(9-11-16)2-7-15(17)18/h3-6,12H,2,7-11H2,1H3,(H,17,18). The zero-order valence-corrected chi connectivity index (χ0v) is 13.0. The summed E-state index contributed by atoms with van der Waals surface area (Å²) in [7, 11) is -3.15. The number of rotatable bonds is 5. The summed E-state index contributed by atoms with van der Waals surface area (Å²) >= 11 is 0. The molecule has 1 fully saturated rings. The summed E-state index contributed by atoms with van der Waals surface area (Å²) in [5.41, 5.74) is 1.03. The van der Waals surface area contributed by atoms with Crippen molar-refractivity contribution in [3.8, 4) is 0 Å². The summed E-state index contributed by atoms with van der Waals surface area (Å²) in [6.45, 7) is 1.78. The normalized spacial score (nSPS) is 16.9. The van der Waals surface area contributed by atoms with E-state index in [4.69, 9.17) is 5.11 Å². The largest absolute Gasteiger partial charge is 0.481 e. The summed E-state index contributed by atoms with van der Waals surface area (Å²) in [6, 6.07) is 6.96. The van der Waals surface area contributed by atoms with Crippen molar-refractivity contribution in [1.29, 1.82) is 0 Å². The highest BCUT2D eigenvalue weighted by atomic mass is 32.2. The molecule has 0 unspecified atom stereocenters. The van der Waals surface area contributed by atoms with Crippen LogP contribution >= 0.6 is 0 Å². The van der Waals surface area contributed by atoms with Crippen molar-refractivity contribution in [2.45, 2.75) is 30.6 Å². The number of carboxylic acids is 1. The molecule has 0 aliphatic carbocycles. The third-order valence-electron chi connectivity index (χ3n) is 4.01. The van der Waals surface area contributed by atoms with Crippen molar-refractivity contribution >= 4 is 21.5 Å². The number of hydrogen-bond donors (Lipinski definition) is 1. The minimum absolute atomic E-state index is 0.244. The van der Waals surface area contributed by atoms with Gasteiger partial charge in [-0.2, -0.15) is 0 Å². The Morgan fingerprint density at radius 3 is 2.29 bits per heavy atom. The fourth-order valence-electron chi connectivity index (χ4n) is 2.71. The van der Waals surface area contributed by atoms with Gasteiger partial charge in [0.2, 0.25) is 0 Å². The first kappa shape index (κ1) is 15.8. The maximum atomic E-state index is 11.4. The van der Waals surface area contributed by atoms with Crippen LogP contribution in [0, 0.1) is 5.92 Å². The molecule has 1 saturated heterocycles. The molecule has 1 aromatic carbocycles. The Labute approximate surface area is 125 Å². The summed E-state index contributed by atoms with van der Waals surface area (Å²) < 4.78 is 22.9. The summed E-state index contributed by atoms with van der Waals surface area (Å²) in [5, 5.41) is 8.71. The van der Waals surface area contributed by atoms with Crippen molar-refractivity contribution in [2.24, 2.45) is 5.92 Å². The Balaban J connectivity index is 1.92. The Morgan fingerprint density at radius 1 is 1.24 bits per heavy atom. The van der Waals surface area contributed by atoms with Crippen molar-refractivity contribution in [3.05, 3.63) is 24.3 Å². The SMILES string of the molecule is CS(=O)(=O)c1ccc(N2CCC(CCC(=O)O)CC2)cc1. The Kier molecular flexibility index (Phi) is 4.88. The van der Waals surface area contributed by atoms with Crippen LogP contribution in [0.2, 0.25) is 0 Å². The minimum atomic E-state index is -3.15. The second-order valence-electron chi connectivity index (χ2n) is 5.63. The molecular weight excluding hydrogens is 290 g/mol. The van der Waals surface area contributed by atoms with Crippen LogP contribution in [0.1, 0.15) is 25.7 Å². The Hall–Kier alpha value is -1.56. The van der Waals surface area contributed by atoms with Crippen LogP contribution in [0.5, 0.6) is 0 Å². The highest BCUT2D eigenvalue weighted by Gasteiger charge is 2.20. The van der Waals surface area contributed by atoms with Gasteiger partial charge in [0.1, 0.15) is 0 Å². The lowest BCUT2D eigenvalue weighted by molar-refractivity contribution is -0.137. The summed E-state index contributed by atoms with van der Waals surface area (Å²) in [4.78, 5) is 13.1. The van der Waals surface area contributed by atoms with E-state index >= 15 is 0 Å². The fraction of sp³-hybridized carbons (Fsp3) is 0.533. The van der Waals surface area contributed by atoms with Gasteiger partial charge in [-0.1, -0.05) is 0 Å². The second-order valence-corrected chi connectivity index (χ2v) is 7.64. The number of nitrogens with zero attached hydrogens (tertiary/aromatic N) is 1. The van der Waals surface area contributed by atoms with E-state index in [1.807, 2.05) is 12.1 Å². The van der Waals surface area contributed by atoms with E-state index in [0.717, 1.165) is 38.0 Å². The molecular formula is C15H21NO4S. The molecule has 6 heteroatoms. The van der Waals surface area contributed by atoms with Gasteiger partial charge in [-0.05, 0) is 49.4 Å². The van der Waals surface area contributed by atoms with Gasteiger partial charge in [0.05, 0.1) is 4.90 Å². The lowest BCUT2D eigenvalue weighted by Gasteiger charge is -2.33. The van der Waals surface area contributed by atoms with Gasteiger partial charge in [-0.15, -0.1) is 0 Å². The monoisotopic (exact) mass is 311 g/mol. The Morgan fingerprint density at radius 2 is 1.81 bits per heavy atom. The summed E-state index contributed by atoms with van der Waals surface area (Å²) in [5.74, 6) is -0.249. The molecule has 1 aliphatic rings. The first-order valence-electron chi connectivity index (χ1n) is 7.13. The smallest absolute Gasteiger partial charge is 0.303 e. The van der Waals surface area contributed by atoms with Gasteiger partial charge in [-0.25, -0.2) is 8.42 Å². The van der Waals surface area contributed by atoms with Crippen molar-refractivity contribution < 1.29 is 18.3 Å². The van der Waals surface area contributed by atoms with Crippen molar-refractivity contribution in [3.63, 3.8) is 0 Å². The van der Waals surface area contributed by atoms with Crippen LogP contribution in [0.25, 0.3) is 0 Å². The van der Waals surface area contributed by atoms with Gasteiger partial charge in [0, 0.05) is 31.5 Å². The number of piperidine rings is 1. The minimum Gasteiger partial charge on any atom is -0.481 e. The second kappa shape index (κ2) is 6.47. The van der Waals surface area contributed by atoms with Gasteiger partial charge < -0.3 is 10.0 Å². The molecule has 0 atom stereocenters. The fourth-order valence-corrected chi connectivity index (χ4v) is 3.34. The van der Waals surface area contributed by atoms with Crippen LogP contribution in [0.15, 0.2) is 29.2 Å². The van der Waals surface area contributed by atoms with E-state index < -0.39 is 15.8 Å². The molecule has 0 saturated carbocycles. The molecule has 2 rings (SSSR count). The highest BCUT2D eigenvalue weighted by molar-refractivity contribution is 7.90. The third-order valence-corrected chi connectivity index (χ3v) is 5.14. The quantitative estimate of drug-likeness (QED) is 0.902. The van der Waals surface area contributed by atoms with Gasteiger partial charge >= 0.3 is 5.97 Å². The van der Waals surface area contributed by atoms with Crippen LogP contribution in [0.4, 0.5) is 5.69 Å². The van der Waals surface area contributed by atoms with Crippen LogP contribution in [-0.4, -0.2) is 38.8 Å².